The lowest BCUT2D eigenvalue weighted by molar-refractivity contribution is -0.151. The van der Waals surface area contributed by atoms with Crippen LogP contribution in [-0.4, -0.2) is 42.4 Å². The Bertz CT molecular complexity index is 258. The number of methoxy groups -OCH3 is 1. The van der Waals surface area contributed by atoms with Crippen molar-refractivity contribution in [2.75, 3.05) is 19.5 Å². The Morgan fingerprint density at radius 2 is 2.19 bits per heavy atom. The van der Waals surface area contributed by atoms with E-state index in [4.69, 9.17) is 11.6 Å². The van der Waals surface area contributed by atoms with Gasteiger partial charge in [0, 0.05) is 18.8 Å². The van der Waals surface area contributed by atoms with Gasteiger partial charge in [-0.15, -0.1) is 11.6 Å². The van der Waals surface area contributed by atoms with Crippen molar-refractivity contribution >= 4 is 23.5 Å². The molecule has 1 unspecified atom stereocenters. The van der Waals surface area contributed by atoms with E-state index < -0.39 is 0 Å². The topological polar surface area (TPSA) is 46.6 Å². The van der Waals surface area contributed by atoms with E-state index in [9.17, 15) is 9.59 Å². The summed E-state index contributed by atoms with van der Waals surface area (Å²) in [5.74, 6) is 0.314. The molecule has 1 rings (SSSR count). The minimum absolute atomic E-state index is 0.0398. The number of hydrogen-bond donors (Lipinski definition) is 0. The van der Waals surface area contributed by atoms with Crippen molar-refractivity contribution in [2.24, 2.45) is 0 Å². The van der Waals surface area contributed by atoms with Gasteiger partial charge in [0.1, 0.15) is 6.04 Å². The highest BCUT2D eigenvalue weighted by Crippen LogP contribution is 2.20. The molecule has 1 aliphatic heterocycles. The summed E-state index contributed by atoms with van der Waals surface area (Å²) in [5.41, 5.74) is 0. The van der Waals surface area contributed by atoms with Crippen LogP contribution in [0.15, 0.2) is 0 Å². The Morgan fingerprint density at radius 1 is 1.44 bits per heavy atom. The van der Waals surface area contributed by atoms with E-state index in [1.807, 2.05) is 0 Å². The summed E-state index contributed by atoms with van der Waals surface area (Å²) in [7, 11) is 1.36. The van der Waals surface area contributed by atoms with Gasteiger partial charge in [0.25, 0.3) is 0 Å². The zero-order valence-corrected chi connectivity index (χ0v) is 10.3. The molecular formula is C11H18ClNO3. The summed E-state index contributed by atoms with van der Waals surface area (Å²) in [6.07, 6.45) is 3.69. The van der Waals surface area contributed by atoms with E-state index in [1.54, 1.807) is 4.90 Å². The Morgan fingerprint density at radius 3 is 2.81 bits per heavy atom. The molecule has 4 nitrogen and oxygen atoms in total. The Hall–Kier alpha value is -0.770. The molecule has 92 valence electrons. The third-order valence-electron chi connectivity index (χ3n) is 2.82. The predicted octanol–water partition coefficient (Wildman–Crippen LogP) is 1.56. The molecule has 1 atom stereocenters. The average molecular weight is 248 g/mol. The van der Waals surface area contributed by atoms with Crippen LogP contribution in [0, 0.1) is 0 Å². The number of amides is 1. The molecule has 16 heavy (non-hydrogen) atoms. The maximum atomic E-state index is 11.8. The first-order chi connectivity index (χ1) is 7.70. The molecule has 5 heteroatoms. The maximum Gasteiger partial charge on any atom is 0.328 e. The molecule has 0 aromatic heterocycles. The van der Waals surface area contributed by atoms with Gasteiger partial charge < -0.3 is 9.64 Å². The molecule has 0 aromatic carbocycles. The molecule has 1 heterocycles. The highest BCUT2D eigenvalue weighted by atomic mass is 35.5. The van der Waals surface area contributed by atoms with Gasteiger partial charge in [-0.3, -0.25) is 4.79 Å². The molecule has 0 N–H and O–H groups in total. The van der Waals surface area contributed by atoms with Crippen LogP contribution in [-0.2, 0) is 14.3 Å². The van der Waals surface area contributed by atoms with Gasteiger partial charge in [0.05, 0.1) is 7.11 Å². The van der Waals surface area contributed by atoms with Crippen LogP contribution in [0.4, 0.5) is 0 Å². The summed E-state index contributed by atoms with van der Waals surface area (Å²) in [6.45, 7) is 0.666. The van der Waals surface area contributed by atoms with Crippen molar-refractivity contribution in [2.45, 2.75) is 38.1 Å². The molecule has 1 aliphatic rings. The number of carbonyl (C=O) groups is 2. The van der Waals surface area contributed by atoms with Crippen LogP contribution in [0.3, 0.4) is 0 Å². The van der Waals surface area contributed by atoms with Crippen LogP contribution >= 0.6 is 11.6 Å². The normalized spacial score (nSPS) is 19.9. The fourth-order valence-corrected chi connectivity index (χ4v) is 2.15. The predicted molar refractivity (Wildman–Crippen MR) is 61.3 cm³/mol. The van der Waals surface area contributed by atoms with E-state index in [2.05, 4.69) is 4.74 Å². The van der Waals surface area contributed by atoms with E-state index in [0.717, 1.165) is 19.3 Å². The molecule has 0 bridgehead atoms. The molecule has 1 fully saturated rings. The van der Waals surface area contributed by atoms with Crippen LogP contribution in [0.5, 0.6) is 0 Å². The highest BCUT2D eigenvalue weighted by molar-refractivity contribution is 6.17. The Labute approximate surface area is 101 Å². The zero-order chi connectivity index (χ0) is 12.0. The van der Waals surface area contributed by atoms with Crippen molar-refractivity contribution in [3.8, 4) is 0 Å². The van der Waals surface area contributed by atoms with E-state index in [1.165, 1.54) is 7.11 Å². The van der Waals surface area contributed by atoms with Crippen molar-refractivity contribution in [1.29, 1.82) is 0 Å². The maximum absolute atomic E-state index is 11.8. The molecule has 1 saturated heterocycles. The van der Waals surface area contributed by atoms with Crippen molar-refractivity contribution in [3.63, 3.8) is 0 Å². The lowest BCUT2D eigenvalue weighted by Gasteiger charge is -2.22. The molecular weight excluding hydrogens is 230 g/mol. The smallest absolute Gasteiger partial charge is 0.328 e. The monoisotopic (exact) mass is 247 g/mol. The van der Waals surface area contributed by atoms with Gasteiger partial charge in [0.15, 0.2) is 0 Å². The standard InChI is InChI=1S/C11H18ClNO3/c1-16-11(15)9-5-4-8-13(9)10(14)6-2-3-7-12/h9H,2-8H2,1H3. The third kappa shape index (κ3) is 3.37. The number of unbranched alkanes of at least 4 members (excludes halogenated alkanes) is 1. The van der Waals surface area contributed by atoms with Gasteiger partial charge >= 0.3 is 5.97 Å². The van der Waals surface area contributed by atoms with Gasteiger partial charge in [-0.1, -0.05) is 0 Å². The Balaban J connectivity index is 2.44. The SMILES string of the molecule is COC(=O)C1CCCN1C(=O)CCCCCl. The second-order valence-corrected chi connectivity index (χ2v) is 4.29. The first-order valence-corrected chi connectivity index (χ1v) is 6.17. The number of rotatable bonds is 5. The third-order valence-corrected chi connectivity index (χ3v) is 3.09. The number of ether oxygens (including phenoxy) is 1. The first kappa shape index (κ1) is 13.3. The number of halogens is 1. The molecule has 0 aromatic rings. The second-order valence-electron chi connectivity index (χ2n) is 3.91. The zero-order valence-electron chi connectivity index (χ0n) is 9.58. The minimum atomic E-state index is -0.367. The van der Waals surface area contributed by atoms with Crippen molar-refractivity contribution in [1.82, 2.24) is 4.90 Å². The number of nitrogens with zero attached hydrogens (tertiary/aromatic N) is 1. The second kappa shape index (κ2) is 6.74. The Kier molecular flexibility index (Phi) is 5.60. The first-order valence-electron chi connectivity index (χ1n) is 5.64. The summed E-state index contributed by atoms with van der Waals surface area (Å²) < 4.78 is 4.69. The molecule has 0 aliphatic carbocycles. The molecule has 0 radical (unpaired) electrons. The fraction of sp³-hybridized carbons (Fsp3) is 0.818. The summed E-state index contributed by atoms with van der Waals surface area (Å²) in [5, 5.41) is 0. The highest BCUT2D eigenvalue weighted by Gasteiger charge is 2.34. The van der Waals surface area contributed by atoms with Crippen LogP contribution < -0.4 is 0 Å². The van der Waals surface area contributed by atoms with E-state index >= 15 is 0 Å². The lowest BCUT2D eigenvalue weighted by Crippen LogP contribution is -2.40. The number of alkyl halides is 1. The van der Waals surface area contributed by atoms with Crippen molar-refractivity contribution < 1.29 is 14.3 Å². The lowest BCUT2D eigenvalue weighted by atomic mass is 10.2. The molecule has 1 amide bonds. The summed E-state index contributed by atoms with van der Waals surface area (Å²) in [6, 6.07) is -0.367. The van der Waals surface area contributed by atoms with Crippen LogP contribution in [0.1, 0.15) is 32.1 Å². The quantitative estimate of drug-likeness (QED) is 0.421. The van der Waals surface area contributed by atoms with E-state index in [-0.39, 0.29) is 17.9 Å². The van der Waals surface area contributed by atoms with Gasteiger partial charge in [-0.2, -0.15) is 0 Å². The number of carbonyl (C=O) groups excluding carboxylic acids is 2. The minimum Gasteiger partial charge on any atom is -0.467 e. The largest absolute Gasteiger partial charge is 0.467 e. The number of hydrogen-bond acceptors (Lipinski definition) is 3. The molecule has 0 saturated carbocycles. The number of likely N-dealkylation sites (tertiary alicyclic amines) is 1. The number of esters is 1. The van der Waals surface area contributed by atoms with Crippen LogP contribution in [0.25, 0.3) is 0 Å². The summed E-state index contributed by atoms with van der Waals surface area (Å²) in [4.78, 5) is 24.9. The van der Waals surface area contributed by atoms with Gasteiger partial charge in [0.2, 0.25) is 5.91 Å². The van der Waals surface area contributed by atoms with Gasteiger partial charge in [-0.25, -0.2) is 4.79 Å². The fourth-order valence-electron chi connectivity index (χ4n) is 1.96. The van der Waals surface area contributed by atoms with Gasteiger partial charge in [-0.05, 0) is 25.7 Å². The van der Waals surface area contributed by atoms with E-state index in [0.29, 0.717) is 25.3 Å². The average Bonchev–Trinajstić information content (AvgIpc) is 2.77. The molecule has 0 spiro atoms. The van der Waals surface area contributed by atoms with Crippen LogP contribution in [0.2, 0.25) is 0 Å². The summed E-state index contributed by atoms with van der Waals surface area (Å²) >= 11 is 5.55. The van der Waals surface area contributed by atoms with Crippen molar-refractivity contribution in [3.05, 3.63) is 0 Å².